The third-order valence-corrected chi connectivity index (χ3v) is 7.02. The van der Waals surface area contributed by atoms with Crippen LogP contribution in [0.2, 0.25) is 0 Å². The Balaban J connectivity index is 2.03. The van der Waals surface area contributed by atoms with E-state index in [1.54, 1.807) is 17.0 Å². The van der Waals surface area contributed by atoms with Gasteiger partial charge in [-0.3, -0.25) is 4.79 Å². The third-order valence-electron chi connectivity index (χ3n) is 5.91. The molecule has 1 fully saturated rings. The number of aliphatic imine (C=N–C) groups is 1. The predicted molar refractivity (Wildman–Crippen MR) is 117 cm³/mol. The number of amides is 1. The minimum Gasteiger partial charge on any atom is -0.495 e. The molecule has 3 rings (SSSR count). The van der Waals surface area contributed by atoms with Crippen molar-refractivity contribution in [3.05, 3.63) is 30.1 Å². The maximum Gasteiger partial charge on any atom is 0.245 e. The number of carbonyl (C=O) groups is 1. The monoisotopic (exact) mass is 434 g/mol. The maximum atomic E-state index is 12.8. The Labute approximate surface area is 178 Å². The molecule has 2 aliphatic heterocycles. The second-order valence-electron chi connectivity index (χ2n) is 8.34. The van der Waals surface area contributed by atoms with Gasteiger partial charge in [-0.2, -0.15) is 0 Å². The number of nitrogens with zero attached hydrogens (tertiary/aromatic N) is 3. The Hall–Kier alpha value is -2.55. The van der Waals surface area contributed by atoms with Crippen LogP contribution in [0.5, 0.6) is 5.75 Å². The minimum absolute atomic E-state index is 0.0671. The van der Waals surface area contributed by atoms with Gasteiger partial charge in [0.1, 0.15) is 29.0 Å². The van der Waals surface area contributed by atoms with Gasteiger partial charge >= 0.3 is 0 Å². The first-order valence-corrected chi connectivity index (χ1v) is 11.8. The summed E-state index contributed by atoms with van der Waals surface area (Å²) in [6.07, 6.45) is 3.68. The number of anilines is 1. The fraction of sp³-hybridized carbons (Fsp3) is 0.524. The lowest BCUT2D eigenvalue weighted by Crippen LogP contribution is -2.70. The van der Waals surface area contributed by atoms with Gasteiger partial charge in [0.15, 0.2) is 9.84 Å². The number of fused-ring (bicyclic) bond motifs is 1. The van der Waals surface area contributed by atoms with Crippen LogP contribution in [0.25, 0.3) is 0 Å². The van der Waals surface area contributed by atoms with E-state index in [4.69, 9.17) is 9.73 Å². The highest BCUT2D eigenvalue weighted by Crippen LogP contribution is 2.36. The van der Waals surface area contributed by atoms with Gasteiger partial charge < -0.3 is 19.9 Å². The highest BCUT2D eigenvalue weighted by molar-refractivity contribution is 7.90. The van der Waals surface area contributed by atoms with E-state index in [0.717, 1.165) is 5.84 Å². The van der Waals surface area contributed by atoms with Gasteiger partial charge in [0, 0.05) is 19.3 Å². The van der Waals surface area contributed by atoms with E-state index in [-0.39, 0.29) is 22.9 Å². The van der Waals surface area contributed by atoms with Gasteiger partial charge in [0.25, 0.3) is 0 Å². The van der Waals surface area contributed by atoms with Crippen LogP contribution in [0, 0.1) is 0 Å². The normalized spacial score (nSPS) is 24.4. The molecule has 0 radical (unpaired) electrons. The fourth-order valence-corrected chi connectivity index (χ4v) is 4.69. The molecule has 0 saturated carbocycles. The van der Waals surface area contributed by atoms with E-state index in [1.807, 2.05) is 40.8 Å². The Kier molecular flexibility index (Phi) is 5.62. The van der Waals surface area contributed by atoms with Crippen LogP contribution in [-0.2, 0) is 14.6 Å². The van der Waals surface area contributed by atoms with E-state index in [2.05, 4.69) is 10.2 Å². The number of hydrogen-bond acceptors (Lipinski definition) is 7. The zero-order valence-electron chi connectivity index (χ0n) is 18.6. The third kappa shape index (κ3) is 3.66. The first-order valence-electron chi connectivity index (χ1n) is 9.90. The van der Waals surface area contributed by atoms with Crippen LogP contribution in [0.4, 0.5) is 5.69 Å². The van der Waals surface area contributed by atoms with Crippen molar-refractivity contribution in [3.63, 3.8) is 0 Å². The van der Waals surface area contributed by atoms with E-state index >= 15 is 0 Å². The Morgan fingerprint density at radius 1 is 1.33 bits per heavy atom. The van der Waals surface area contributed by atoms with Crippen molar-refractivity contribution >= 4 is 27.3 Å². The number of piperazine rings is 1. The Bertz CT molecular complexity index is 1030. The maximum absolute atomic E-state index is 12.8. The predicted octanol–water partition coefficient (Wildman–Crippen LogP) is 2.48. The van der Waals surface area contributed by atoms with E-state index in [9.17, 15) is 13.2 Å². The van der Waals surface area contributed by atoms with Crippen molar-refractivity contribution in [2.24, 2.45) is 4.99 Å². The van der Waals surface area contributed by atoms with Gasteiger partial charge in [-0.25, -0.2) is 13.4 Å². The molecule has 1 saturated heterocycles. The Morgan fingerprint density at radius 3 is 2.57 bits per heavy atom. The van der Waals surface area contributed by atoms with Crippen LogP contribution in [0.15, 0.2) is 40.0 Å². The van der Waals surface area contributed by atoms with E-state index < -0.39 is 15.4 Å². The van der Waals surface area contributed by atoms with Crippen molar-refractivity contribution in [1.82, 2.24) is 9.80 Å². The summed E-state index contributed by atoms with van der Waals surface area (Å²) in [5, 5.41) is 3.22. The largest absolute Gasteiger partial charge is 0.495 e. The van der Waals surface area contributed by atoms with Crippen LogP contribution >= 0.6 is 0 Å². The molecule has 0 bridgehead atoms. The van der Waals surface area contributed by atoms with Crippen molar-refractivity contribution in [2.45, 2.75) is 56.6 Å². The molecular formula is C21H30N4O4S. The summed E-state index contributed by atoms with van der Waals surface area (Å²) >= 11 is 0. The highest BCUT2D eigenvalue weighted by Gasteiger charge is 2.50. The van der Waals surface area contributed by atoms with Gasteiger partial charge in [0.2, 0.25) is 5.91 Å². The highest BCUT2D eigenvalue weighted by atomic mass is 32.2. The molecule has 0 spiro atoms. The number of likely N-dealkylation sites (N-methyl/N-ethyl adjacent to an activating group) is 1. The summed E-state index contributed by atoms with van der Waals surface area (Å²) in [6.45, 7) is 8.00. The zero-order valence-corrected chi connectivity index (χ0v) is 19.4. The first kappa shape index (κ1) is 22.1. The molecule has 0 aromatic heterocycles. The number of sulfone groups is 1. The molecular weight excluding hydrogens is 404 g/mol. The summed E-state index contributed by atoms with van der Waals surface area (Å²) in [5.74, 6) is 1.99. The fourth-order valence-electron chi connectivity index (χ4n) is 4.04. The van der Waals surface area contributed by atoms with Crippen LogP contribution < -0.4 is 10.1 Å². The molecule has 2 atom stereocenters. The second kappa shape index (κ2) is 7.61. The topological polar surface area (TPSA) is 91.3 Å². The number of nitrogens with one attached hydrogen (secondary N) is 1. The SMILES string of the molecule is COc1ccc(S(C)(=O)=O)cc1NC1=CCC2(C)C(=N1)N(C(C)C)[C@H](C)C(=O)N2C. The smallest absolute Gasteiger partial charge is 0.245 e. The molecule has 1 unspecified atom stereocenters. The molecule has 8 nitrogen and oxygen atoms in total. The second-order valence-corrected chi connectivity index (χ2v) is 10.4. The molecule has 0 aliphatic carbocycles. The number of rotatable bonds is 5. The molecule has 164 valence electrons. The van der Waals surface area contributed by atoms with E-state index in [0.29, 0.717) is 23.7 Å². The molecule has 2 heterocycles. The standard InChI is InChI=1S/C21H30N4O4S/c1-13(2)25-14(3)19(26)24(5)21(4)11-10-18(23-20(21)25)22-16-12-15(30(7,27)28)8-9-17(16)29-6/h8-10,12-14,22H,11H2,1-7H3/t14-,21?/m1/s1. The quantitative estimate of drug-likeness (QED) is 0.766. The van der Waals surface area contributed by atoms with Crippen molar-refractivity contribution < 1.29 is 17.9 Å². The molecule has 1 aromatic carbocycles. The number of carbonyl (C=O) groups excluding carboxylic acids is 1. The summed E-state index contributed by atoms with van der Waals surface area (Å²) in [5.41, 5.74) is -0.0263. The molecule has 1 amide bonds. The van der Waals surface area contributed by atoms with Crippen molar-refractivity contribution in [1.29, 1.82) is 0 Å². The lowest BCUT2D eigenvalue weighted by atomic mass is 9.86. The van der Waals surface area contributed by atoms with Crippen molar-refractivity contribution in [2.75, 3.05) is 25.7 Å². The van der Waals surface area contributed by atoms with Crippen LogP contribution in [0.1, 0.15) is 34.1 Å². The number of hydrogen-bond donors (Lipinski definition) is 1. The van der Waals surface area contributed by atoms with Gasteiger partial charge in [0.05, 0.1) is 17.7 Å². The van der Waals surface area contributed by atoms with Gasteiger partial charge in [-0.1, -0.05) is 0 Å². The number of ether oxygens (including phenoxy) is 1. The summed E-state index contributed by atoms with van der Waals surface area (Å²) in [7, 11) is -0.0171. The minimum atomic E-state index is -3.36. The summed E-state index contributed by atoms with van der Waals surface area (Å²) < 4.78 is 29.3. The average molecular weight is 435 g/mol. The van der Waals surface area contributed by atoms with Crippen LogP contribution in [-0.4, -0.2) is 68.0 Å². The Morgan fingerprint density at radius 2 is 2.00 bits per heavy atom. The van der Waals surface area contributed by atoms with E-state index in [1.165, 1.54) is 19.4 Å². The summed E-state index contributed by atoms with van der Waals surface area (Å²) in [4.78, 5) is 21.7. The number of methoxy groups -OCH3 is 1. The van der Waals surface area contributed by atoms with Crippen molar-refractivity contribution in [3.8, 4) is 5.75 Å². The van der Waals surface area contributed by atoms with Crippen LogP contribution in [0.3, 0.4) is 0 Å². The zero-order chi connectivity index (χ0) is 22.4. The molecule has 1 aromatic rings. The average Bonchev–Trinajstić information content (AvgIpc) is 2.67. The first-order chi connectivity index (χ1) is 13.9. The van der Waals surface area contributed by atoms with Gasteiger partial charge in [-0.15, -0.1) is 0 Å². The van der Waals surface area contributed by atoms with Gasteiger partial charge in [-0.05, 0) is 58.4 Å². The number of benzene rings is 1. The summed E-state index contributed by atoms with van der Waals surface area (Å²) in [6, 6.07) is 4.46. The molecule has 1 N–H and O–H groups in total. The lowest BCUT2D eigenvalue weighted by molar-refractivity contribution is -0.141. The number of amidine groups is 1. The lowest BCUT2D eigenvalue weighted by Gasteiger charge is -2.53. The molecule has 2 aliphatic rings. The molecule has 30 heavy (non-hydrogen) atoms. The molecule has 9 heteroatoms.